The van der Waals surface area contributed by atoms with Gasteiger partial charge in [-0.1, -0.05) is 11.3 Å². The highest BCUT2D eigenvalue weighted by atomic mass is 32.2. The van der Waals surface area contributed by atoms with E-state index in [4.69, 9.17) is 0 Å². The summed E-state index contributed by atoms with van der Waals surface area (Å²) in [4.78, 5) is 23.0. The summed E-state index contributed by atoms with van der Waals surface area (Å²) >= 11 is 2.55. The number of anilines is 1. The van der Waals surface area contributed by atoms with Crippen LogP contribution in [-0.2, 0) is 0 Å². The van der Waals surface area contributed by atoms with Crippen LogP contribution in [0, 0.1) is 10.1 Å². The number of hydrogen-bond donors (Lipinski definition) is 1. The van der Waals surface area contributed by atoms with Crippen molar-refractivity contribution in [3.63, 3.8) is 0 Å². The van der Waals surface area contributed by atoms with Gasteiger partial charge in [-0.15, -0.1) is 11.8 Å². The first-order valence-electron chi connectivity index (χ1n) is 5.28. The van der Waals surface area contributed by atoms with Crippen molar-refractivity contribution in [2.24, 2.45) is 0 Å². The highest BCUT2D eigenvalue weighted by molar-refractivity contribution is 7.98. The Labute approximate surface area is 117 Å². The summed E-state index contributed by atoms with van der Waals surface area (Å²) in [6.07, 6.45) is 1.97. The second kappa shape index (κ2) is 5.85. The fourth-order valence-electron chi connectivity index (χ4n) is 1.42. The third-order valence-electron chi connectivity index (χ3n) is 2.38. The van der Waals surface area contributed by atoms with Gasteiger partial charge in [-0.2, -0.15) is 0 Å². The predicted molar refractivity (Wildman–Crippen MR) is 77.1 cm³/mol. The van der Waals surface area contributed by atoms with Crippen LogP contribution >= 0.6 is 23.1 Å². The number of thioether (sulfide) groups is 1. The zero-order valence-electron chi connectivity index (χ0n) is 9.95. The van der Waals surface area contributed by atoms with Crippen LogP contribution in [-0.4, -0.2) is 17.1 Å². The second-order valence-corrected chi connectivity index (χ2v) is 5.38. The molecule has 2 rings (SSSR count). The monoisotopic (exact) mass is 294 g/mol. The highest BCUT2D eigenvalue weighted by Gasteiger charge is 2.14. The summed E-state index contributed by atoms with van der Waals surface area (Å²) in [5, 5.41) is 14.7. The van der Waals surface area contributed by atoms with Crippen molar-refractivity contribution >= 4 is 39.7 Å². The Morgan fingerprint density at radius 1 is 1.37 bits per heavy atom. The van der Waals surface area contributed by atoms with Crippen LogP contribution in [0.5, 0.6) is 0 Å². The van der Waals surface area contributed by atoms with E-state index in [0.29, 0.717) is 11.3 Å². The van der Waals surface area contributed by atoms with E-state index in [1.54, 1.807) is 23.9 Å². The molecule has 1 aromatic carbocycles. The summed E-state index contributed by atoms with van der Waals surface area (Å²) in [7, 11) is 0. The zero-order valence-corrected chi connectivity index (χ0v) is 11.6. The molecule has 0 fully saturated rings. The lowest BCUT2D eigenvalue weighted by atomic mass is 10.3. The fraction of sp³-hybridized carbons (Fsp3) is 0.0833. The Kier molecular flexibility index (Phi) is 4.18. The number of nitro groups is 1. The van der Waals surface area contributed by atoms with Crippen molar-refractivity contribution < 1.29 is 9.72 Å². The van der Waals surface area contributed by atoms with Crippen molar-refractivity contribution in [1.29, 1.82) is 0 Å². The van der Waals surface area contributed by atoms with Crippen LogP contribution < -0.4 is 5.32 Å². The SMILES string of the molecule is CSc1ccc(NC(=O)c2csc([N+](=O)[O-])c2)cc1. The Morgan fingerprint density at radius 2 is 2.05 bits per heavy atom. The molecule has 1 heterocycles. The number of nitrogens with one attached hydrogen (secondary N) is 1. The van der Waals surface area contributed by atoms with Crippen molar-refractivity contribution in [1.82, 2.24) is 0 Å². The Balaban J connectivity index is 2.08. The van der Waals surface area contributed by atoms with E-state index in [0.717, 1.165) is 16.2 Å². The van der Waals surface area contributed by atoms with Crippen LogP contribution in [0.15, 0.2) is 40.6 Å². The van der Waals surface area contributed by atoms with Crippen LogP contribution in [0.25, 0.3) is 0 Å². The van der Waals surface area contributed by atoms with E-state index >= 15 is 0 Å². The normalized spacial score (nSPS) is 10.2. The van der Waals surface area contributed by atoms with Crippen LogP contribution in [0.1, 0.15) is 10.4 Å². The number of carbonyl (C=O) groups excluding carboxylic acids is 1. The molecule has 0 aliphatic carbocycles. The molecule has 0 spiro atoms. The van der Waals surface area contributed by atoms with Crippen molar-refractivity contribution in [3.05, 3.63) is 51.4 Å². The summed E-state index contributed by atoms with van der Waals surface area (Å²) in [5.41, 5.74) is 0.960. The molecule has 0 atom stereocenters. The van der Waals surface area contributed by atoms with E-state index < -0.39 is 4.92 Å². The number of carbonyl (C=O) groups is 1. The summed E-state index contributed by atoms with van der Waals surface area (Å²) in [5.74, 6) is -0.346. The molecule has 0 saturated carbocycles. The molecule has 0 saturated heterocycles. The van der Waals surface area contributed by atoms with Gasteiger partial charge in [0.25, 0.3) is 5.91 Å². The maximum Gasteiger partial charge on any atom is 0.324 e. The van der Waals surface area contributed by atoms with Gasteiger partial charge in [0, 0.05) is 22.0 Å². The van der Waals surface area contributed by atoms with Gasteiger partial charge < -0.3 is 5.32 Å². The number of thiophene rings is 1. The molecule has 7 heteroatoms. The molecule has 1 amide bonds. The van der Waals surface area contributed by atoms with E-state index in [1.807, 2.05) is 18.4 Å². The minimum absolute atomic E-state index is 0.0390. The number of rotatable bonds is 4. The Hall–Kier alpha value is -1.86. The zero-order chi connectivity index (χ0) is 13.8. The van der Waals surface area contributed by atoms with Gasteiger partial charge >= 0.3 is 5.00 Å². The number of benzene rings is 1. The molecule has 2 aromatic rings. The third-order valence-corrected chi connectivity index (χ3v) is 4.00. The second-order valence-electron chi connectivity index (χ2n) is 3.61. The molecular weight excluding hydrogens is 284 g/mol. The van der Waals surface area contributed by atoms with Gasteiger partial charge in [-0.3, -0.25) is 14.9 Å². The standard InChI is InChI=1S/C12H10N2O3S2/c1-18-10-4-2-9(3-5-10)13-12(15)8-6-11(14(16)17)19-7-8/h2-7H,1H3,(H,13,15). The average molecular weight is 294 g/mol. The molecule has 19 heavy (non-hydrogen) atoms. The molecular formula is C12H10N2O3S2. The van der Waals surface area contributed by atoms with Gasteiger partial charge in [-0.25, -0.2) is 0 Å². The van der Waals surface area contributed by atoms with Gasteiger partial charge in [0.1, 0.15) is 0 Å². The van der Waals surface area contributed by atoms with Gasteiger partial charge in [0.05, 0.1) is 10.5 Å². The number of hydrogen-bond acceptors (Lipinski definition) is 5. The predicted octanol–water partition coefficient (Wildman–Crippen LogP) is 3.63. The van der Waals surface area contributed by atoms with Gasteiger partial charge in [0.2, 0.25) is 0 Å². The Morgan fingerprint density at radius 3 is 2.58 bits per heavy atom. The summed E-state index contributed by atoms with van der Waals surface area (Å²) < 4.78 is 0. The molecule has 0 aliphatic heterocycles. The lowest BCUT2D eigenvalue weighted by Crippen LogP contribution is -2.10. The van der Waals surface area contributed by atoms with Crippen LogP contribution in [0.2, 0.25) is 0 Å². The van der Waals surface area contributed by atoms with E-state index in [9.17, 15) is 14.9 Å². The van der Waals surface area contributed by atoms with Crippen LogP contribution in [0.3, 0.4) is 0 Å². The molecule has 98 valence electrons. The maximum atomic E-state index is 11.9. The van der Waals surface area contributed by atoms with E-state index in [1.165, 1.54) is 11.4 Å². The van der Waals surface area contributed by atoms with E-state index in [-0.39, 0.29) is 10.9 Å². The highest BCUT2D eigenvalue weighted by Crippen LogP contribution is 2.23. The molecule has 0 aliphatic rings. The van der Waals surface area contributed by atoms with E-state index in [2.05, 4.69) is 5.32 Å². The third kappa shape index (κ3) is 3.33. The first kappa shape index (κ1) is 13.6. The maximum absolute atomic E-state index is 11.9. The van der Waals surface area contributed by atoms with Crippen LogP contribution in [0.4, 0.5) is 10.7 Å². The first-order chi connectivity index (χ1) is 9.10. The molecule has 5 nitrogen and oxygen atoms in total. The van der Waals surface area contributed by atoms with Crippen molar-refractivity contribution in [2.45, 2.75) is 4.90 Å². The molecule has 1 aromatic heterocycles. The average Bonchev–Trinajstić information content (AvgIpc) is 2.89. The minimum Gasteiger partial charge on any atom is -0.322 e. The number of nitrogens with zero attached hydrogens (tertiary/aromatic N) is 1. The number of amides is 1. The molecule has 0 bridgehead atoms. The quantitative estimate of drug-likeness (QED) is 0.531. The molecule has 0 unspecified atom stereocenters. The molecule has 1 N–H and O–H groups in total. The summed E-state index contributed by atoms with van der Waals surface area (Å²) in [6.45, 7) is 0. The Bertz CT molecular complexity index is 608. The lowest BCUT2D eigenvalue weighted by molar-refractivity contribution is -0.380. The van der Waals surface area contributed by atoms with Crippen molar-refractivity contribution in [3.8, 4) is 0 Å². The van der Waals surface area contributed by atoms with Crippen molar-refractivity contribution in [2.75, 3.05) is 11.6 Å². The van der Waals surface area contributed by atoms with Gasteiger partial charge in [-0.05, 0) is 30.5 Å². The lowest BCUT2D eigenvalue weighted by Gasteiger charge is -2.04. The fourth-order valence-corrected chi connectivity index (χ4v) is 2.53. The molecule has 0 radical (unpaired) electrons. The largest absolute Gasteiger partial charge is 0.324 e. The van der Waals surface area contributed by atoms with Gasteiger partial charge in [0.15, 0.2) is 0 Å². The smallest absolute Gasteiger partial charge is 0.322 e. The first-order valence-corrected chi connectivity index (χ1v) is 7.39. The minimum atomic E-state index is -0.505. The summed E-state index contributed by atoms with van der Waals surface area (Å²) in [6, 6.07) is 8.66. The topological polar surface area (TPSA) is 72.2 Å².